The molecule has 0 N–H and O–H groups in total. The van der Waals surface area contributed by atoms with Gasteiger partial charge in [-0.25, -0.2) is 0 Å². The van der Waals surface area contributed by atoms with Crippen LogP contribution in [-0.4, -0.2) is 41.2 Å². The fourth-order valence-electron chi connectivity index (χ4n) is 4.00. The molecule has 0 radical (unpaired) electrons. The van der Waals surface area contributed by atoms with Crippen molar-refractivity contribution < 1.29 is 9.59 Å². The summed E-state index contributed by atoms with van der Waals surface area (Å²) in [6, 6.07) is 10.7. The lowest BCUT2D eigenvalue weighted by atomic mass is 9.85. The molecule has 0 saturated carbocycles. The lowest BCUT2D eigenvalue weighted by Crippen LogP contribution is -2.46. The third kappa shape index (κ3) is 4.67. The van der Waals surface area contributed by atoms with Crippen molar-refractivity contribution in [1.82, 2.24) is 9.80 Å². The number of thiophene rings is 1. The highest BCUT2D eigenvalue weighted by Crippen LogP contribution is 2.38. The zero-order valence-electron chi connectivity index (χ0n) is 18.5. The zero-order chi connectivity index (χ0) is 21.9. The molecular formula is C25H32N2O2S. The Morgan fingerprint density at radius 1 is 1.23 bits per heavy atom. The summed E-state index contributed by atoms with van der Waals surface area (Å²) in [7, 11) is 0. The van der Waals surface area contributed by atoms with Crippen LogP contribution in [0.1, 0.15) is 61.7 Å². The molecule has 2 aromatic rings. The molecule has 2 amide bonds. The Balaban J connectivity index is 1.92. The molecule has 0 aliphatic carbocycles. The SMILES string of the molecule is C=CCN(CC(=O)N1CCc2sccc2[C@H]1c1ccc(C(C)(C)C)cc1)C(=O)CC. The average molecular weight is 425 g/mol. The first-order chi connectivity index (χ1) is 14.3. The first-order valence-electron chi connectivity index (χ1n) is 10.6. The summed E-state index contributed by atoms with van der Waals surface area (Å²) in [5.74, 6) is -0.0389. The molecule has 160 valence electrons. The first-order valence-corrected chi connectivity index (χ1v) is 11.5. The highest BCUT2D eigenvalue weighted by Gasteiger charge is 2.33. The number of amides is 2. The molecule has 0 fully saturated rings. The number of carbonyl (C=O) groups is 2. The third-order valence-electron chi connectivity index (χ3n) is 5.71. The fraction of sp³-hybridized carbons (Fsp3) is 0.440. The normalized spacial score (nSPS) is 16.1. The molecule has 1 aliphatic heterocycles. The molecule has 30 heavy (non-hydrogen) atoms. The van der Waals surface area contributed by atoms with E-state index in [1.54, 1.807) is 22.3 Å². The van der Waals surface area contributed by atoms with Gasteiger partial charge in [0.1, 0.15) is 6.54 Å². The van der Waals surface area contributed by atoms with E-state index in [1.807, 2.05) is 11.8 Å². The van der Waals surface area contributed by atoms with Crippen LogP contribution in [0.3, 0.4) is 0 Å². The maximum Gasteiger partial charge on any atom is 0.243 e. The minimum atomic E-state index is -0.108. The Labute approximate surface area is 184 Å². The van der Waals surface area contributed by atoms with Gasteiger partial charge >= 0.3 is 0 Å². The van der Waals surface area contributed by atoms with E-state index in [1.165, 1.54) is 16.0 Å². The van der Waals surface area contributed by atoms with Crippen molar-refractivity contribution in [3.8, 4) is 0 Å². The number of benzene rings is 1. The summed E-state index contributed by atoms with van der Waals surface area (Å²) in [5.41, 5.74) is 3.68. The van der Waals surface area contributed by atoms with Crippen LogP contribution in [0.5, 0.6) is 0 Å². The van der Waals surface area contributed by atoms with Crippen LogP contribution in [-0.2, 0) is 21.4 Å². The van der Waals surface area contributed by atoms with Crippen LogP contribution in [0.4, 0.5) is 0 Å². The zero-order valence-corrected chi connectivity index (χ0v) is 19.3. The van der Waals surface area contributed by atoms with E-state index in [0.717, 1.165) is 12.0 Å². The van der Waals surface area contributed by atoms with E-state index < -0.39 is 0 Å². The van der Waals surface area contributed by atoms with Crippen LogP contribution in [0.15, 0.2) is 48.4 Å². The number of hydrogen-bond donors (Lipinski definition) is 0. The molecule has 5 heteroatoms. The molecular weight excluding hydrogens is 392 g/mol. The lowest BCUT2D eigenvalue weighted by molar-refractivity contribution is -0.141. The standard InChI is InChI=1S/C25H32N2O2S/c1-6-14-26(22(28)7-2)17-23(29)27-15-12-21-20(13-16-30-21)24(27)18-8-10-19(11-9-18)25(3,4)5/h6,8-11,13,16,24H,1,7,12,14-15,17H2,2-5H3/t24-/m1/s1. The molecule has 0 spiro atoms. The smallest absolute Gasteiger partial charge is 0.243 e. The number of hydrogen-bond acceptors (Lipinski definition) is 3. The predicted octanol–water partition coefficient (Wildman–Crippen LogP) is 4.94. The Bertz CT molecular complexity index is 908. The maximum absolute atomic E-state index is 13.3. The van der Waals surface area contributed by atoms with E-state index in [2.05, 4.69) is 63.1 Å². The van der Waals surface area contributed by atoms with Gasteiger partial charge in [-0.1, -0.05) is 58.0 Å². The molecule has 1 aliphatic rings. The Hall–Kier alpha value is -2.40. The van der Waals surface area contributed by atoms with E-state index in [4.69, 9.17) is 0 Å². The van der Waals surface area contributed by atoms with Gasteiger partial charge < -0.3 is 9.80 Å². The van der Waals surface area contributed by atoms with Crippen molar-refractivity contribution in [2.75, 3.05) is 19.6 Å². The molecule has 3 rings (SSSR count). The number of fused-ring (bicyclic) bond motifs is 1. The lowest BCUT2D eigenvalue weighted by Gasteiger charge is -2.37. The predicted molar refractivity (Wildman–Crippen MR) is 124 cm³/mol. The van der Waals surface area contributed by atoms with Crippen molar-refractivity contribution in [3.05, 3.63) is 69.9 Å². The molecule has 0 bridgehead atoms. The van der Waals surface area contributed by atoms with Gasteiger partial charge in [-0.3, -0.25) is 9.59 Å². The monoisotopic (exact) mass is 424 g/mol. The van der Waals surface area contributed by atoms with Crippen LogP contribution in [0, 0.1) is 0 Å². The summed E-state index contributed by atoms with van der Waals surface area (Å²) in [6.07, 6.45) is 2.92. The Morgan fingerprint density at radius 3 is 2.53 bits per heavy atom. The topological polar surface area (TPSA) is 40.6 Å². The van der Waals surface area contributed by atoms with E-state index in [9.17, 15) is 9.59 Å². The van der Waals surface area contributed by atoms with Gasteiger partial charge in [-0.05, 0) is 40.0 Å². The minimum Gasteiger partial charge on any atom is -0.330 e. The van der Waals surface area contributed by atoms with Gasteiger partial charge in [0, 0.05) is 24.4 Å². The van der Waals surface area contributed by atoms with Crippen molar-refractivity contribution in [1.29, 1.82) is 0 Å². The largest absolute Gasteiger partial charge is 0.330 e. The van der Waals surface area contributed by atoms with Crippen molar-refractivity contribution in [2.24, 2.45) is 0 Å². The molecule has 1 aromatic carbocycles. The molecule has 2 heterocycles. The van der Waals surface area contributed by atoms with Crippen molar-refractivity contribution >= 4 is 23.2 Å². The van der Waals surface area contributed by atoms with Gasteiger partial charge in [0.15, 0.2) is 0 Å². The van der Waals surface area contributed by atoms with Crippen molar-refractivity contribution in [2.45, 2.75) is 52.0 Å². The van der Waals surface area contributed by atoms with Crippen LogP contribution >= 0.6 is 11.3 Å². The van der Waals surface area contributed by atoms with E-state index >= 15 is 0 Å². The van der Waals surface area contributed by atoms with Gasteiger partial charge in [0.25, 0.3) is 0 Å². The quantitative estimate of drug-likeness (QED) is 0.616. The second-order valence-electron chi connectivity index (χ2n) is 8.83. The van der Waals surface area contributed by atoms with Gasteiger partial charge in [0.05, 0.1) is 6.04 Å². The summed E-state index contributed by atoms with van der Waals surface area (Å²) in [6.45, 7) is 13.3. The summed E-state index contributed by atoms with van der Waals surface area (Å²) < 4.78 is 0. The average Bonchev–Trinajstić information content (AvgIpc) is 3.20. The van der Waals surface area contributed by atoms with Gasteiger partial charge in [-0.2, -0.15) is 0 Å². The third-order valence-corrected chi connectivity index (χ3v) is 6.71. The summed E-state index contributed by atoms with van der Waals surface area (Å²) in [5, 5.41) is 2.11. The molecule has 1 aromatic heterocycles. The van der Waals surface area contributed by atoms with E-state index in [-0.39, 0.29) is 29.8 Å². The molecule has 4 nitrogen and oxygen atoms in total. The first kappa shape index (κ1) is 22.3. The summed E-state index contributed by atoms with van der Waals surface area (Å²) >= 11 is 1.76. The maximum atomic E-state index is 13.3. The molecule has 0 saturated heterocycles. The molecule has 1 atom stereocenters. The second kappa shape index (κ2) is 9.17. The van der Waals surface area contributed by atoms with Crippen LogP contribution < -0.4 is 0 Å². The molecule has 0 unspecified atom stereocenters. The number of nitrogens with zero attached hydrogens (tertiary/aromatic N) is 2. The van der Waals surface area contributed by atoms with E-state index in [0.29, 0.717) is 19.5 Å². The Morgan fingerprint density at radius 2 is 1.93 bits per heavy atom. The number of carbonyl (C=O) groups excluding carboxylic acids is 2. The fourth-order valence-corrected chi connectivity index (χ4v) is 4.90. The number of rotatable bonds is 6. The highest BCUT2D eigenvalue weighted by atomic mass is 32.1. The van der Waals surface area contributed by atoms with Gasteiger partial charge in [-0.15, -0.1) is 17.9 Å². The minimum absolute atomic E-state index is 0.0135. The second-order valence-corrected chi connectivity index (χ2v) is 9.83. The Kier molecular flexibility index (Phi) is 6.81. The van der Waals surface area contributed by atoms with Crippen molar-refractivity contribution in [3.63, 3.8) is 0 Å². The summed E-state index contributed by atoms with van der Waals surface area (Å²) in [4.78, 5) is 30.5. The van der Waals surface area contributed by atoms with Gasteiger partial charge in [0.2, 0.25) is 11.8 Å². The van der Waals surface area contributed by atoms with Crippen LogP contribution in [0.25, 0.3) is 0 Å². The van der Waals surface area contributed by atoms with Crippen LogP contribution in [0.2, 0.25) is 0 Å². The highest BCUT2D eigenvalue weighted by molar-refractivity contribution is 7.10.